The van der Waals surface area contributed by atoms with Crippen LogP contribution in [0.5, 0.6) is 0 Å². The molecule has 1 N–H and O–H groups in total. The molecular formula is C18H18FN5O5. The number of aliphatic imine (C=N–C) groups is 1. The largest absolute Gasteiger partial charge is 0.434 e. The fourth-order valence-corrected chi connectivity index (χ4v) is 3.50. The summed E-state index contributed by atoms with van der Waals surface area (Å²) in [5.41, 5.74) is 1.12. The number of rotatable bonds is 5. The van der Waals surface area contributed by atoms with Crippen molar-refractivity contribution in [3.8, 4) is 0 Å². The van der Waals surface area contributed by atoms with Gasteiger partial charge in [0.05, 0.1) is 12.3 Å². The fraction of sp³-hybridized carbons (Fsp3) is 0.389. The fourth-order valence-electron chi connectivity index (χ4n) is 3.50. The van der Waals surface area contributed by atoms with E-state index in [0.717, 1.165) is 0 Å². The van der Waals surface area contributed by atoms with E-state index in [4.69, 9.17) is 8.83 Å². The minimum absolute atomic E-state index is 0.0421. The van der Waals surface area contributed by atoms with Crippen molar-refractivity contribution in [3.63, 3.8) is 0 Å². The van der Waals surface area contributed by atoms with Crippen LogP contribution >= 0.6 is 0 Å². The molecule has 1 saturated heterocycles. The van der Waals surface area contributed by atoms with E-state index in [1.807, 2.05) is 4.90 Å². The number of furan rings is 1. The highest BCUT2D eigenvalue weighted by Crippen LogP contribution is 2.32. The summed E-state index contributed by atoms with van der Waals surface area (Å²) in [6, 6.07) is 2.68. The van der Waals surface area contributed by atoms with Gasteiger partial charge in [0, 0.05) is 36.8 Å². The Morgan fingerprint density at radius 2 is 2.10 bits per heavy atom. The number of hydrogen-bond donors (Lipinski definition) is 1. The lowest BCUT2D eigenvalue weighted by Crippen LogP contribution is -2.36. The van der Waals surface area contributed by atoms with Gasteiger partial charge >= 0.3 is 11.6 Å². The van der Waals surface area contributed by atoms with Crippen molar-refractivity contribution in [1.82, 2.24) is 15.1 Å². The smallest absolute Gasteiger partial charge is 0.400 e. The monoisotopic (exact) mass is 403 g/mol. The normalized spacial score (nSPS) is 20.7. The predicted molar refractivity (Wildman–Crippen MR) is 99.3 cm³/mol. The zero-order valence-electron chi connectivity index (χ0n) is 15.3. The van der Waals surface area contributed by atoms with Gasteiger partial charge in [-0.15, -0.1) is 5.10 Å². The van der Waals surface area contributed by atoms with Gasteiger partial charge in [-0.05, 0) is 31.1 Å². The SMILES string of the molecule is O=c1[nH]nc(C2CCN(C3=CC=C(N=Cc4ccc([N+](=O)[O-])o4)CC3F)CC2)o1. The van der Waals surface area contributed by atoms with Crippen LogP contribution in [0.4, 0.5) is 10.3 Å². The average molecular weight is 403 g/mol. The maximum Gasteiger partial charge on any atom is 0.434 e. The van der Waals surface area contributed by atoms with E-state index in [2.05, 4.69) is 15.2 Å². The third-order valence-electron chi connectivity index (χ3n) is 4.97. The molecule has 4 rings (SSSR count). The number of nitrogens with one attached hydrogen (secondary N) is 1. The molecule has 0 bridgehead atoms. The molecular weight excluding hydrogens is 385 g/mol. The lowest BCUT2D eigenvalue weighted by molar-refractivity contribution is -0.402. The third-order valence-corrected chi connectivity index (χ3v) is 4.97. The first kappa shape index (κ1) is 18.8. The van der Waals surface area contributed by atoms with Gasteiger partial charge in [0.2, 0.25) is 5.89 Å². The quantitative estimate of drug-likeness (QED) is 0.461. The third kappa shape index (κ3) is 4.18. The summed E-state index contributed by atoms with van der Waals surface area (Å²) in [7, 11) is 0. The number of allylic oxidation sites excluding steroid dienone is 4. The highest BCUT2D eigenvalue weighted by molar-refractivity contribution is 5.77. The van der Waals surface area contributed by atoms with Crippen molar-refractivity contribution in [3.05, 3.63) is 68.0 Å². The number of hydrogen-bond acceptors (Lipinski definition) is 8. The van der Waals surface area contributed by atoms with Gasteiger partial charge in [-0.3, -0.25) is 15.1 Å². The van der Waals surface area contributed by atoms with Crippen LogP contribution in [0.3, 0.4) is 0 Å². The molecule has 0 spiro atoms. The predicted octanol–water partition coefficient (Wildman–Crippen LogP) is 2.67. The molecule has 0 saturated carbocycles. The Balaban J connectivity index is 1.38. The minimum atomic E-state index is -1.20. The second-order valence-corrected chi connectivity index (χ2v) is 6.83. The number of piperidine rings is 1. The van der Waals surface area contributed by atoms with Crippen molar-refractivity contribution >= 4 is 12.1 Å². The molecule has 3 heterocycles. The van der Waals surface area contributed by atoms with E-state index < -0.39 is 16.9 Å². The lowest BCUT2D eigenvalue weighted by atomic mass is 9.95. The van der Waals surface area contributed by atoms with Crippen molar-refractivity contribution in [2.24, 2.45) is 4.99 Å². The van der Waals surface area contributed by atoms with Crippen molar-refractivity contribution in [2.75, 3.05) is 13.1 Å². The van der Waals surface area contributed by atoms with Crippen LogP contribution in [-0.4, -0.2) is 45.5 Å². The highest BCUT2D eigenvalue weighted by Gasteiger charge is 2.29. The second-order valence-electron chi connectivity index (χ2n) is 6.83. The first-order valence-electron chi connectivity index (χ1n) is 9.13. The molecule has 0 amide bonds. The number of nitrogens with zero attached hydrogens (tertiary/aromatic N) is 4. The maximum absolute atomic E-state index is 14.7. The number of aromatic amines is 1. The van der Waals surface area contributed by atoms with E-state index in [9.17, 15) is 19.3 Å². The van der Waals surface area contributed by atoms with Crippen molar-refractivity contribution in [1.29, 1.82) is 0 Å². The number of alkyl halides is 1. The summed E-state index contributed by atoms with van der Waals surface area (Å²) < 4.78 is 24.7. The number of likely N-dealkylation sites (tertiary alicyclic amines) is 1. The molecule has 152 valence electrons. The Labute approximate surface area is 163 Å². The van der Waals surface area contributed by atoms with E-state index in [1.54, 1.807) is 12.2 Å². The maximum atomic E-state index is 14.7. The van der Waals surface area contributed by atoms with Crippen LogP contribution in [-0.2, 0) is 0 Å². The van der Waals surface area contributed by atoms with Crippen LogP contribution in [0.25, 0.3) is 0 Å². The molecule has 2 aromatic heterocycles. The highest BCUT2D eigenvalue weighted by atomic mass is 19.1. The molecule has 1 atom stereocenters. The number of nitro groups is 1. The van der Waals surface area contributed by atoms with Gasteiger partial charge in [0.25, 0.3) is 0 Å². The molecule has 2 aliphatic rings. The molecule has 1 fully saturated rings. The van der Waals surface area contributed by atoms with Gasteiger partial charge in [0.1, 0.15) is 11.1 Å². The average Bonchev–Trinajstić information content (AvgIpc) is 3.36. The van der Waals surface area contributed by atoms with Gasteiger partial charge < -0.3 is 13.7 Å². The molecule has 2 aromatic rings. The molecule has 10 nitrogen and oxygen atoms in total. The topological polar surface area (TPSA) is 131 Å². The van der Waals surface area contributed by atoms with Gasteiger partial charge in [0.15, 0.2) is 5.76 Å². The standard InChI is InChI=1S/C18H18FN5O5/c19-14-9-12(20-10-13-2-4-16(28-13)24(26)27)1-3-15(14)23-7-5-11(6-8-23)17-21-22-18(25)29-17/h1-4,10-11,14H,5-9H2,(H,22,25). The summed E-state index contributed by atoms with van der Waals surface area (Å²) in [6.45, 7) is 1.27. The first-order chi connectivity index (χ1) is 14.0. The van der Waals surface area contributed by atoms with Gasteiger partial charge in [-0.2, -0.15) is 0 Å². The van der Waals surface area contributed by atoms with Crippen molar-refractivity contribution in [2.45, 2.75) is 31.4 Å². The summed E-state index contributed by atoms with van der Waals surface area (Å²) in [6.07, 6.45) is 5.12. The van der Waals surface area contributed by atoms with E-state index in [-0.39, 0.29) is 24.0 Å². The summed E-state index contributed by atoms with van der Waals surface area (Å²) >= 11 is 0. The second kappa shape index (κ2) is 7.86. The zero-order chi connectivity index (χ0) is 20.4. The van der Waals surface area contributed by atoms with Gasteiger partial charge in [-0.25, -0.2) is 14.3 Å². The molecule has 1 unspecified atom stereocenters. The van der Waals surface area contributed by atoms with E-state index >= 15 is 0 Å². The van der Waals surface area contributed by atoms with E-state index in [0.29, 0.717) is 43.2 Å². The Bertz CT molecular complexity index is 1040. The summed E-state index contributed by atoms with van der Waals surface area (Å²) in [5, 5.41) is 16.8. The Hall–Kier alpha value is -3.50. The van der Waals surface area contributed by atoms with Crippen LogP contribution in [0.15, 0.2) is 54.3 Å². The van der Waals surface area contributed by atoms with Crippen LogP contribution in [0.2, 0.25) is 0 Å². The lowest BCUT2D eigenvalue weighted by Gasteiger charge is -2.36. The van der Waals surface area contributed by atoms with Crippen LogP contribution in [0, 0.1) is 10.1 Å². The zero-order valence-corrected chi connectivity index (χ0v) is 15.3. The van der Waals surface area contributed by atoms with E-state index in [1.165, 1.54) is 18.3 Å². The molecule has 0 radical (unpaired) electrons. The number of H-pyrrole nitrogens is 1. The molecule has 1 aliphatic heterocycles. The first-order valence-corrected chi connectivity index (χ1v) is 9.13. The Kier molecular flexibility index (Phi) is 5.10. The van der Waals surface area contributed by atoms with Crippen LogP contribution in [0.1, 0.15) is 36.8 Å². The Morgan fingerprint density at radius 1 is 1.31 bits per heavy atom. The molecule has 29 heavy (non-hydrogen) atoms. The summed E-state index contributed by atoms with van der Waals surface area (Å²) in [4.78, 5) is 27.2. The Morgan fingerprint density at radius 3 is 2.72 bits per heavy atom. The molecule has 11 heteroatoms. The number of halogens is 1. The number of aromatic nitrogens is 2. The van der Waals surface area contributed by atoms with Crippen LogP contribution < -0.4 is 5.76 Å². The van der Waals surface area contributed by atoms with Gasteiger partial charge in [-0.1, -0.05) is 0 Å². The molecule has 1 aliphatic carbocycles. The summed E-state index contributed by atoms with van der Waals surface area (Å²) in [5.74, 6) is -0.259. The van der Waals surface area contributed by atoms with Crippen molar-refractivity contribution < 1.29 is 18.1 Å². The molecule has 0 aromatic carbocycles. The minimum Gasteiger partial charge on any atom is -0.400 e.